The van der Waals surface area contributed by atoms with Crippen molar-refractivity contribution in [2.45, 2.75) is 36.0 Å². The first-order valence-electron chi connectivity index (χ1n) is 5.57. The minimum Gasteiger partial charge on any atom is -0.352 e. The molecule has 0 atom stereocenters. The Morgan fingerprint density at radius 2 is 2.05 bits per heavy atom. The lowest BCUT2D eigenvalue weighted by molar-refractivity contribution is -0.160. The molecule has 1 aromatic rings. The summed E-state index contributed by atoms with van der Waals surface area (Å²) in [5.41, 5.74) is 3.62. The van der Waals surface area contributed by atoms with E-state index in [4.69, 9.17) is 5.73 Å². The van der Waals surface area contributed by atoms with Crippen molar-refractivity contribution < 1.29 is 21.6 Å². The number of nitrogens with two attached hydrogens (primary N) is 1. The quantitative estimate of drug-likeness (QED) is 0.865. The van der Waals surface area contributed by atoms with Crippen LogP contribution in [0.4, 0.5) is 13.2 Å². The molecular weight excluding hydrogens is 283 g/mol. The highest BCUT2D eigenvalue weighted by molar-refractivity contribution is 7.89. The van der Waals surface area contributed by atoms with Crippen LogP contribution in [-0.4, -0.2) is 24.7 Å². The molecule has 0 radical (unpaired) electrons. The third-order valence-electron chi connectivity index (χ3n) is 3.22. The molecule has 108 valence electrons. The summed E-state index contributed by atoms with van der Waals surface area (Å²) in [7, 11) is -2.62. The van der Waals surface area contributed by atoms with E-state index in [1.807, 2.05) is 0 Å². The van der Waals surface area contributed by atoms with Gasteiger partial charge in [-0.25, -0.2) is 8.42 Å². The van der Waals surface area contributed by atoms with E-state index in [1.165, 1.54) is 16.8 Å². The fourth-order valence-electron chi connectivity index (χ4n) is 1.81. The van der Waals surface area contributed by atoms with E-state index < -0.39 is 21.7 Å². The van der Waals surface area contributed by atoms with Gasteiger partial charge in [0.1, 0.15) is 5.54 Å². The van der Waals surface area contributed by atoms with Gasteiger partial charge >= 0.3 is 6.18 Å². The average molecular weight is 297 g/mol. The predicted molar refractivity (Wildman–Crippen MR) is 61.6 cm³/mol. The zero-order valence-electron chi connectivity index (χ0n) is 10.2. The Hall–Kier alpha value is -1.06. The van der Waals surface area contributed by atoms with Crippen molar-refractivity contribution in [2.75, 3.05) is 0 Å². The molecule has 0 spiro atoms. The summed E-state index contributed by atoms with van der Waals surface area (Å²) in [4.78, 5) is -0.203. The van der Waals surface area contributed by atoms with Crippen LogP contribution in [0, 0.1) is 0 Å². The Morgan fingerprint density at radius 3 is 2.42 bits per heavy atom. The smallest absolute Gasteiger partial charge is 0.352 e. The Bertz CT molecular complexity index is 588. The maximum absolute atomic E-state index is 12.7. The Morgan fingerprint density at radius 1 is 1.47 bits per heavy atom. The van der Waals surface area contributed by atoms with Crippen LogP contribution in [-0.2, 0) is 23.6 Å². The molecule has 1 saturated carbocycles. The molecule has 1 aliphatic rings. The highest BCUT2D eigenvalue weighted by atomic mass is 32.2. The normalized spacial score (nSPS) is 18.6. The van der Waals surface area contributed by atoms with Crippen LogP contribution in [0.1, 0.15) is 18.5 Å². The number of rotatable bonds is 4. The van der Waals surface area contributed by atoms with Gasteiger partial charge in [-0.1, -0.05) is 0 Å². The van der Waals surface area contributed by atoms with Gasteiger partial charge < -0.3 is 10.3 Å². The number of aryl methyl sites for hydroxylation is 1. The molecule has 0 bridgehead atoms. The van der Waals surface area contributed by atoms with Crippen molar-refractivity contribution in [3.05, 3.63) is 18.0 Å². The molecule has 1 aliphatic carbocycles. The molecule has 0 unspecified atom stereocenters. The summed E-state index contributed by atoms with van der Waals surface area (Å²) < 4.78 is 65.4. The summed E-state index contributed by atoms with van der Waals surface area (Å²) in [6.45, 7) is 0.108. The molecule has 0 aromatic carbocycles. The lowest BCUT2D eigenvalue weighted by atomic mass is 10.3. The summed E-state index contributed by atoms with van der Waals surface area (Å²) in [5.74, 6) is 0. The van der Waals surface area contributed by atoms with Crippen LogP contribution in [0.25, 0.3) is 0 Å². The average Bonchev–Trinajstić information content (AvgIpc) is 2.93. The molecule has 2 rings (SSSR count). The second-order valence-corrected chi connectivity index (χ2v) is 6.35. The Labute approximate surface area is 108 Å². The van der Waals surface area contributed by atoms with Crippen molar-refractivity contribution in [1.29, 1.82) is 0 Å². The first-order valence-corrected chi connectivity index (χ1v) is 7.06. The minimum atomic E-state index is -4.58. The summed E-state index contributed by atoms with van der Waals surface area (Å²) in [6.07, 6.45) is -3.79. The van der Waals surface area contributed by atoms with Crippen LogP contribution in [0.15, 0.2) is 17.2 Å². The Kier molecular flexibility index (Phi) is 3.19. The second kappa shape index (κ2) is 4.22. The number of hydrogen-bond acceptors (Lipinski definition) is 3. The number of nitrogens with one attached hydrogen (secondary N) is 1. The third kappa shape index (κ3) is 2.49. The van der Waals surface area contributed by atoms with Crippen LogP contribution in [0.3, 0.4) is 0 Å². The number of aromatic nitrogens is 1. The molecule has 1 heterocycles. The molecule has 3 N–H and O–H groups in total. The Balaban J connectivity index is 2.29. The van der Waals surface area contributed by atoms with Gasteiger partial charge in [-0.15, -0.1) is 0 Å². The molecule has 5 nitrogen and oxygen atoms in total. The van der Waals surface area contributed by atoms with Gasteiger partial charge in [-0.3, -0.25) is 0 Å². The molecule has 19 heavy (non-hydrogen) atoms. The predicted octanol–water partition coefficient (Wildman–Crippen LogP) is 0.857. The highest BCUT2D eigenvalue weighted by Gasteiger charge is 2.65. The second-order valence-electron chi connectivity index (χ2n) is 4.67. The highest BCUT2D eigenvalue weighted by Crippen LogP contribution is 2.49. The van der Waals surface area contributed by atoms with Crippen molar-refractivity contribution >= 4 is 10.0 Å². The summed E-state index contributed by atoms with van der Waals surface area (Å²) in [5, 5.41) is 0. The fourth-order valence-corrected chi connectivity index (χ4v) is 3.35. The van der Waals surface area contributed by atoms with Crippen molar-refractivity contribution in [1.82, 2.24) is 9.29 Å². The number of hydrogen-bond donors (Lipinski definition) is 2. The van der Waals surface area contributed by atoms with E-state index in [1.54, 1.807) is 11.8 Å². The van der Waals surface area contributed by atoms with Crippen molar-refractivity contribution in [3.63, 3.8) is 0 Å². The summed E-state index contributed by atoms with van der Waals surface area (Å²) in [6, 6.07) is 1.27. The largest absolute Gasteiger partial charge is 0.407 e. The van der Waals surface area contributed by atoms with E-state index in [0.717, 1.165) is 0 Å². The zero-order chi connectivity index (χ0) is 14.5. The van der Waals surface area contributed by atoms with Gasteiger partial charge in [0.05, 0.1) is 4.90 Å². The molecular formula is C10H14F3N3O2S. The number of nitrogens with zero attached hydrogens (tertiary/aromatic N) is 1. The molecule has 1 fully saturated rings. The van der Waals surface area contributed by atoms with E-state index in [0.29, 0.717) is 5.69 Å². The van der Waals surface area contributed by atoms with Gasteiger partial charge in [0.15, 0.2) is 0 Å². The van der Waals surface area contributed by atoms with Crippen LogP contribution in [0.2, 0.25) is 0 Å². The van der Waals surface area contributed by atoms with Gasteiger partial charge in [-0.2, -0.15) is 17.9 Å². The standard InChI is InChI=1S/C10H14F3N3O2S/c1-16-6-8(4-7(16)5-14)19(17,18)15-9(2-3-9)10(11,12)13/h4,6,15H,2-3,5,14H2,1H3. The maximum Gasteiger partial charge on any atom is 0.407 e. The van der Waals surface area contributed by atoms with Crippen LogP contribution in [0.5, 0.6) is 0 Å². The lowest BCUT2D eigenvalue weighted by Crippen LogP contribution is -2.47. The minimum absolute atomic E-state index is 0.108. The third-order valence-corrected chi connectivity index (χ3v) is 4.73. The fraction of sp³-hybridized carbons (Fsp3) is 0.600. The van der Waals surface area contributed by atoms with Crippen LogP contribution >= 0.6 is 0 Å². The van der Waals surface area contributed by atoms with E-state index in [9.17, 15) is 21.6 Å². The molecule has 0 saturated heterocycles. The number of sulfonamides is 1. The van der Waals surface area contributed by atoms with E-state index in [-0.39, 0.29) is 24.3 Å². The van der Waals surface area contributed by atoms with Crippen molar-refractivity contribution in [3.8, 4) is 0 Å². The van der Waals surface area contributed by atoms with Gasteiger partial charge in [-0.05, 0) is 18.9 Å². The van der Waals surface area contributed by atoms with Crippen molar-refractivity contribution in [2.24, 2.45) is 12.8 Å². The maximum atomic E-state index is 12.7. The molecule has 0 aliphatic heterocycles. The number of alkyl halides is 3. The zero-order valence-corrected chi connectivity index (χ0v) is 11.0. The van der Waals surface area contributed by atoms with Crippen LogP contribution < -0.4 is 10.5 Å². The van der Waals surface area contributed by atoms with E-state index >= 15 is 0 Å². The molecule has 1 aromatic heterocycles. The number of halogens is 3. The van der Waals surface area contributed by atoms with Gasteiger partial charge in [0.2, 0.25) is 10.0 Å². The SMILES string of the molecule is Cn1cc(S(=O)(=O)NC2(C(F)(F)F)CC2)cc1CN. The van der Waals surface area contributed by atoms with Gasteiger partial charge in [0.25, 0.3) is 0 Å². The first kappa shape index (κ1) is 14.4. The summed E-state index contributed by atoms with van der Waals surface area (Å²) >= 11 is 0. The monoisotopic (exact) mass is 297 g/mol. The molecule has 9 heteroatoms. The topological polar surface area (TPSA) is 77.1 Å². The van der Waals surface area contributed by atoms with Gasteiger partial charge in [0, 0.05) is 25.5 Å². The first-order chi connectivity index (χ1) is 8.61. The lowest BCUT2D eigenvalue weighted by Gasteiger charge is -2.20. The molecule has 0 amide bonds. The van der Waals surface area contributed by atoms with E-state index in [2.05, 4.69) is 0 Å².